The van der Waals surface area contributed by atoms with Crippen LogP contribution in [0.2, 0.25) is 0 Å². The second-order valence-corrected chi connectivity index (χ2v) is 10.1. The van der Waals surface area contributed by atoms with Crippen LogP contribution in [0.3, 0.4) is 0 Å². The van der Waals surface area contributed by atoms with Crippen LogP contribution >= 0.6 is 0 Å². The number of fused-ring (bicyclic) bond motifs is 2. The molecule has 0 bridgehead atoms. The summed E-state index contributed by atoms with van der Waals surface area (Å²) in [7, 11) is -4.03. The van der Waals surface area contributed by atoms with Crippen molar-refractivity contribution in [1.82, 2.24) is 4.98 Å². The van der Waals surface area contributed by atoms with Gasteiger partial charge < -0.3 is 10.4 Å². The van der Waals surface area contributed by atoms with E-state index in [0.717, 1.165) is 41.6 Å². The highest BCUT2D eigenvalue weighted by molar-refractivity contribution is 7.92. The highest BCUT2D eigenvalue weighted by Crippen LogP contribution is 2.54. The lowest BCUT2D eigenvalue weighted by Gasteiger charge is -2.36. The first-order valence-electron chi connectivity index (χ1n) is 10.5. The molecule has 7 nitrogen and oxygen atoms in total. The minimum absolute atomic E-state index is 0.0286. The van der Waals surface area contributed by atoms with E-state index in [0.29, 0.717) is 5.69 Å². The topological polar surface area (TPSA) is 108 Å². The number of carbonyl (C=O) groups is 1. The fourth-order valence-electron chi connectivity index (χ4n) is 4.67. The van der Waals surface area contributed by atoms with E-state index >= 15 is 0 Å². The third kappa shape index (κ3) is 3.14. The van der Waals surface area contributed by atoms with Crippen molar-refractivity contribution in [1.29, 1.82) is 0 Å². The van der Waals surface area contributed by atoms with Gasteiger partial charge >= 0.3 is 0 Å². The zero-order valence-electron chi connectivity index (χ0n) is 17.5. The number of aromatic hydroxyl groups is 1. The van der Waals surface area contributed by atoms with E-state index in [9.17, 15) is 18.3 Å². The number of rotatable bonds is 5. The Kier molecular flexibility index (Phi) is 4.70. The Morgan fingerprint density at radius 1 is 1.16 bits per heavy atom. The molecule has 32 heavy (non-hydrogen) atoms. The minimum atomic E-state index is -4.03. The normalized spacial score (nSPS) is 17.3. The van der Waals surface area contributed by atoms with Gasteiger partial charge in [0.25, 0.3) is 10.0 Å². The number of aromatic nitrogens is 1. The van der Waals surface area contributed by atoms with Gasteiger partial charge in [-0.15, -0.1) is 0 Å². The summed E-state index contributed by atoms with van der Waals surface area (Å²) < 4.78 is 28.6. The number of nitrogens with zero attached hydrogens (tertiary/aromatic N) is 1. The number of phenolic OH excluding ortho intramolecular Hbond substituents is 1. The lowest BCUT2D eigenvalue weighted by Crippen LogP contribution is -2.40. The molecule has 1 aromatic heterocycles. The van der Waals surface area contributed by atoms with Gasteiger partial charge in [-0.1, -0.05) is 31.5 Å². The molecule has 3 N–H and O–H groups in total. The summed E-state index contributed by atoms with van der Waals surface area (Å²) in [5.41, 5.74) is 3.13. The van der Waals surface area contributed by atoms with Crippen LogP contribution in [0.15, 0.2) is 65.8 Å². The van der Waals surface area contributed by atoms with Crippen molar-refractivity contribution in [3.8, 4) is 5.75 Å². The largest absolute Gasteiger partial charge is 0.507 e. The number of sulfonamides is 1. The highest BCUT2D eigenvalue weighted by Gasteiger charge is 2.52. The Morgan fingerprint density at radius 2 is 1.94 bits per heavy atom. The summed E-state index contributed by atoms with van der Waals surface area (Å²) in [5.74, 6) is -0.473. The van der Waals surface area contributed by atoms with E-state index < -0.39 is 15.4 Å². The van der Waals surface area contributed by atoms with Crippen molar-refractivity contribution in [2.24, 2.45) is 0 Å². The van der Waals surface area contributed by atoms with Crippen LogP contribution in [0.5, 0.6) is 5.75 Å². The Bertz CT molecular complexity index is 1320. The Morgan fingerprint density at radius 3 is 2.59 bits per heavy atom. The molecule has 1 spiro atoms. The van der Waals surface area contributed by atoms with Crippen molar-refractivity contribution in [3.63, 3.8) is 0 Å². The summed E-state index contributed by atoms with van der Waals surface area (Å²) in [6.07, 6.45) is 5.90. The lowest BCUT2D eigenvalue weighted by molar-refractivity contribution is -0.123. The van der Waals surface area contributed by atoms with Crippen molar-refractivity contribution < 1.29 is 18.3 Å². The number of anilines is 2. The maximum absolute atomic E-state index is 13.0. The average Bonchev–Trinajstić information content (AvgIpc) is 3.05. The zero-order chi connectivity index (χ0) is 22.5. The molecule has 1 aliphatic heterocycles. The van der Waals surface area contributed by atoms with E-state index in [4.69, 9.17) is 0 Å². The molecule has 1 unspecified atom stereocenters. The molecule has 2 aliphatic rings. The molecule has 164 valence electrons. The Hall–Kier alpha value is -3.39. The predicted octanol–water partition coefficient (Wildman–Crippen LogP) is 4.11. The quantitative estimate of drug-likeness (QED) is 0.543. The molecule has 5 rings (SSSR count). The van der Waals surface area contributed by atoms with Crippen molar-refractivity contribution in [3.05, 3.63) is 77.6 Å². The van der Waals surface area contributed by atoms with Crippen LogP contribution in [0.1, 0.15) is 48.8 Å². The van der Waals surface area contributed by atoms with Crippen molar-refractivity contribution in [2.45, 2.75) is 42.4 Å². The molecule has 3 aromatic rings. The van der Waals surface area contributed by atoms with E-state index in [2.05, 4.69) is 15.0 Å². The number of benzene rings is 2. The fraction of sp³-hybridized carbons (Fsp3) is 0.250. The number of para-hydroxylation sites is 1. The van der Waals surface area contributed by atoms with Gasteiger partial charge in [-0.3, -0.25) is 14.5 Å². The molecule has 1 aliphatic carbocycles. The standard InChI is InChI=1S/C24H23N3O4S/c1-15(16-6-4-11-25-14-16)18-12-17(27-32(30,31)21-8-3-2-7-20(21)28)13-19-22(18)26-23(29)24(19)9-5-10-24/h2-4,6-8,11-15,27-28H,5,9-10H2,1H3,(H,26,29). The van der Waals surface area contributed by atoms with Crippen molar-refractivity contribution >= 4 is 27.3 Å². The van der Waals surface area contributed by atoms with E-state index in [1.807, 2.05) is 19.1 Å². The molecule has 8 heteroatoms. The number of nitrogens with one attached hydrogen (secondary N) is 2. The Balaban J connectivity index is 1.63. The molecule has 1 fully saturated rings. The molecule has 0 radical (unpaired) electrons. The third-order valence-corrected chi connectivity index (χ3v) is 8.05. The first-order chi connectivity index (χ1) is 15.3. The molecular formula is C24H23N3O4S. The van der Waals surface area contributed by atoms with E-state index in [1.165, 1.54) is 12.1 Å². The van der Waals surface area contributed by atoms with Crippen LogP contribution < -0.4 is 10.0 Å². The summed E-state index contributed by atoms with van der Waals surface area (Å²) >= 11 is 0. The SMILES string of the molecule is CC(c1cccnc1)c1cc(NS(=O)(=O)c2ccccc2O)cc2c1NC(=O)C21CCC1. The molecule has 2 heterocycles. The van der Waals surface area contributed by atoms with Crippen molar-refractivity contribution in [2.75, 3.05) is 10.0 Å². The number of pyridine rings is 1. The Labute approximate surface area is 186 Å². The smallest absolute Gasteiger partial charge is 0.265 e. The van der Waals surface area contributed by atoms with Crippen LogP contribution in [-0.2, 0) is 20.2 Å². The van der Waals surface area contributed by atoms with E-state index in [1.54, 1.807) is 36.7 Å². The van der Waals surface area contributed by atoms with Gasteiger partial charge in [0, 0.05) is 29.7 Å². The number of amides is 1. The third-order valence-electron chi connectivity index (χ3n) is 6.62. The van der Waals surface area contributed by atoms with Gasteiger partial charge in [-0.25, -0.2) is 8.42 Å². The van der Waals surface area contributed by atoms with Crippen LogP contribution in [0.25, 0.3) is 0 Å². The molecule has 1 atom stereocenters. The second kappa shape index (κ2) is 7.34. The van der Waals surface area contributed by atoms with Crippen LogP contribution in [0, 0.1) is 0 Å². The maximum atomic E-state index is 13.0. The molecular weight excluding hydrogens is 426 g/mol. The summed E-state index contributed by atoms with van der Waals surface area (Å²) in [5, 5.41) is 13.1. The van der Waals surface area contributed by atoms with E-state index in [-0.39, 0.29) is 22.5 Å². The fourth-order valence-corrected chi connectivity index (χ4v) is 5.81. The molecule has 0 saturated heterocycles. The zero-order valence-corrected chi connectivity index (χ0v) is 18.3. The average molecular weight is 450 g/mol. The van der Waals surface area contributed by atoms with Gasteiger partial charge in [0.1, 0.15) is 10.6 Å². The van der Waals surface area contributed by atoms with Gasteiger partial charge in [0.2, 0.25) is 5.91 Å². The monoisotopic (exact) mass is 449 g/mol. The maximum Gasteiger partial charge on any atom is 0.265 e. The van der Waals surface area contributed by atoms with Gasteiger partial charge in [0.05, 0.1) is 5.41 Å². The van der Waals surface area contributed by atoms with Gasteiger partial charge in [0.15, 0.2) is 0 Å². The molecule has 1 amide bonds. The number of hydrogen-bond acceptors (Lipinski definition) is 5. The number of phenols is 1. The first kappa shape index (κ1) is 20.5. The summed E-state index contributed by atoms with van der Waals surface area (Å²) in [6, 6.07) is 13.1. The number of carbonyl (C=O) groups excluding carboxylic acids is 1. The predicted molar refractivity (Wildman–Crippen MR) is 121 cm³/mol. The summed E-state index contributed by atoms with van der Waals surface area (Å²) in [6.45, 7) is 2.01. The van der Waals surface area contributed by atoms with Crippen LogP contribution in [0.4, 0.5) is 11.4 Å². The number of hydrogen-bond donors (Lipinski definition) is 3. The van der Waals surface area contributed by atoms with Gasteiger partial charge in [-0.2, -0.15) is 0 Å². The highest BCUT2D eigenvalue weighted by atomic mass is 32.2. The lowest BCUT2D eigenvalue weighted by atomic mass is 9.65. The van der Waals surface area contributed by atoms with Gasteiger partial charge in [-0.05, 0) is 59.9 Å². The minimum Gasteiger partial charge on any atom is -0.507 e. The van der Waals surface area contributed by atoms with Crippen LogP contribution in [-0.4, -0.2) is 24.4 Å². The second-order valence-electron chi connectivity index (χ2n) is 8.46. The summed E-state index contributed by atoms with van der Waals surface area (Å²) in [4.78, 5) is 16.9. The first-order valence-corrected chi connectivity index (χ1v) is 12.0. The molecule has 2 aromatic carbocycles. The molecule has 1 saturated carbocycles.